The molecule has 0 saturated heterocycles. The van der Waals surface area contributed by atoms with Gasteiger partial charge in [-0.15, -0.1) is 0 Å². The fraction of sp³-hybridized carbons (Fsp3) is 0.500. The van der Waals surface area contributed by atoms with Gasteiger partial charge in [0.15, 0.2) is 0 Å². The lowest BCUT2D eigenvalue weighted by Gasteiger charge is -2.21. The van der Waals surface area contributed by atoms with Gasteiger partial charge in [-0.1, -0.05) is 17.7 Å². The average Bonchev–Trinajstić information content (AvgIpc) is 1.83. The Morgan fingerprint density at radius 1 is 1.33 bits per heavy atom. The molecule has 0 bridgehead atoms. The second kappa shape index (κ2) is 2.92. The first-order valence-corrected chi connectivity index (χ1v) is 3.48. The maximum absolute atomic E-state index is 12.7. The van der Waals surface area contributed by atoms with E-state index in [1.54, 1.807) is 6.92 Å². The lowest BCUT2D eigenvalue weighted by molar-refractivity contribution is -0.171. The van der Waals surface area contributed by atoms with Gasteiger partial charge in [0, 0.05) is 0 Å². The van der Waals surface area contributed by atoms with Gasteiger partial charge in [0.1, 0.15) is 12.1 Å². The Hall–Kier alpha value is -0.800. The van der Waals surface area contributed by atoms with Crippen LogP contribution in [0.15, 0.2) is 23.8 Å². The normalized spacial score (nSPS) is 30.2. The zero-order valence-corrected chi connectivity index (χ0v) is 6.40. The highest BCUT2D eigenvalue weighted by atomic mass is 19.4. The van der Waals surface area contributed by atoms with Gasteiger partial charge >= 0.3 is 6.18 Å². The van der Waals surface area contributed by atoms with Crippen molar-refractivity contribution in [1.82, 2.24) is 0 Å². The summed E-state index contributed by atoms with van der Waals surface area (Å²) in [6.45, 7) is 1.57. The van der Waals surface area contributed by atoms with Crippen molar-refractivity contribution < 1.29 is 17.6 Å². The molecule has 0 aromatic heterocycles. The lowest BCUT2D eigenvalue weighted by Crippen LogP contribution is -2.30. The van der Waals surface area contributed by atoms with E-state index in [2.05, 4.69) is 0 Å². The highest BCUT2D eigenvalue weighted by Gasteiger charge is 2.43. The third-order valence-electron chi connectivity index (χ3n) is 1.71. The van der Waals surface area contributed by atoms with Crippen LogP contribution in [0.2, 0.25) is 0 Å². The second-order valence-electron chi connectivity index (χ2n) is 2.78. The molecule has 0 N–H and O–H groups in total. The SMILES string of the molecule is CC1=CC(F)C(C(F)(F)F)C=C1. The fourth-order valence-electron chi connectivity index (χ4n) is 1.06. The molecule has 0 saturated carbocycles. The Kier molecular flexibility index (Phi) is 2.26. The topological polar surface area (TPSA) is 0 Å². The van der Waals surface area contributed by atoms with Crippen LogP contribution in [-0.4, -0.2) is 12.3 Å². The summed E-state index contributed by atoms with van der Waals surface area (Å²) in [5, 5.41) is 0. The molecular formula is C8H8F4. The van der Waals surface area contributed by atoms with Crippen LogP contribution < -0.4 is 0 Å². The molecule has 0 aromatic rings. The highest BCUT2D eigenvalue weighted by Crippen LogP contribution is 2.34. The van der Waals surface area contributed by atoms with Crippen LogP contribution in [0.4, 0.5) is 17.6 Å². The molecule has 68 valence electrons. The number of allylic oxidation sites excluding steroid dienone is 4. The number of rotatable bonds is 0. The Balaban J connectivity index is 2.80. The summed E-state index contributed by atoms with van der Waals surface area (Å²) in [5.41, 5.74) is 0.531. The number of hydrogen-bond donors (Lipinski definition) is 0. The molecule has 0 spiro atoms. The fourth-order valence-corrected chi connectivity index (χ4v) is 1.06. The molecule has 1 rings (SSSR count). The van der Waals surface area contributed by atoms with Gasteiger partial charge in [0.25, 0.3) is 0 Å². The van der Waals surface area contributed by atoms with Crippen molar-refractivity contribution in [2.45, 2.75) is 19.3 Å². The van der Waals surface area contributed by atoms with Gasteiger partial charge < -0.3 is 0 Å². The highest BCUT2D eigenvalue weighted by molar-refractivity contribution is 5.25. The summed E-state index contributed by atoms with van der Waals surface area (Å²) in [6.07, 6.45) is -3.28. The van der Waals surface area contributed by atoms with Crippen molar-refractivity contribution in [1.29, 1.82) is 0 Å². The molecule has 0 heterocycles. The Labute approximate surface area is 67.6 Å². The summed E-state index contributed by atoms with van der Waals surface area (Å²) in [5.74, 6) is -1.97. The van der Waals surface area contributed by atoms with Crippen molar-refractivity contribution in [2.24, 2.45) is 5.92 Å². The molecule has 0 aromatic carbocycles. The van der Waals surface area contributed by atoms with Crippen molar-refractivity contribution in [3.8, 4) is 0 Å². The molecule has 1 aliphatic carbocycles. The molecule has 0 amide bonds. The summed E-state index contributed by atoms with van der Waals surface area (Å²) in [7, 11) is 0. The predicted molar refractivity (Wildman–Crippen MR) is 37.3 cm³/mol. The second-order valence-corrected chi connectivity index (χ2v) is 2.78. The first-order valence-electron chi connectivity index (χ1n) is 3.48. The summed E-state index contributed by atoms with van der Waals surface area (Å²) in [4.78, 5) is 0. The van der Waals surface area contributed by atoms with E-state index in [0.717, 1.165) is 12.2 Å². The monoisotopic (exact) mass is 180 g/mol. The molecule has 4 heteroatoms. The third kappa shape index (κ3) is 1.87. The Morgan fingerprint density at radius 3 is 2.33 bits per heavy atom. The molecule has 0 radical (unpaired) electrons. The third-order valence-corrected chi connectivity index (χ3v) is 1.71. The van der Waals surface area contributed by atoms with E-state index < -0.39 is 18.3 Å². The van der Waals surface area contributed by atoms with E-state index in [1.807, 2.05) is 0 Å². The van der Waals surface area contributed by atoms with Gasteiger partial charge in [-0.25, -0.2) is 4.39 Å². The zero-order valence-electron chi connectivity index (χ0n) is 6.40. The summed E-state index contributed by atoms with van der Waals surface area (Å²) >= 11 is 0. The van der Waals surface area contributed by atoms with Crippen LogP contribution in [0.5, 0.6) is 0 Å². The van der Waals surface area contributed by atoms with Gasteiger partial charge in [-0.05, 0) is 13.0 Å². The largest absolute Gasteiger partial charge is 0.398 e. The maximum atomic E-state index is 12.7. The van der Waals surface area contributed by atoms with E-state index >= 15 is 0 Å². The first kappa shape index (κ1) is 9.29. The van der Waals surface area contributed by atoms with Crippen LogP contribution >= 0.6 is 0 Å². The Bertz CT molecular complexity index is 224. The van der Waals surface area contributed by atoms with Gasteiger partial charge in [0.05, 0.1) is 0 Å². The number of alkyl halides is 4. The standard InChI is InChI=1S/C8H8F4/c1-5-2-3-6(7(9)4-5)8(10,11)12/h2-4,6-7H,1H3. The molecule has 0 nitrogen and oxygen atoms in total. The van der Waals surface area contributed by atoms with Crippen LogP contribution in [0, 0.1) is 5.92 Å². The lowest BCUT2D eigenvalue weighted by atomic mass is 9.95. The van der Waals surface area contributed by atoms with Crippen LogP contribution in [0.25, 0.3) is 0 Å². The molecule has 12 heavy (non-hydrogen) atoms. The van der Waals surface area contributed by atoms with Crippen LogP contribution in [-0.2, 0) is 0 Å². The Morgan fingerprint density at radius 2 is 1.92 bits per heavy atom. The molecule has 2 atom stereocenters. The number of halogens is 4. The van der Waals surface area contributed by atoms with Gasteiger partial charge in [0.2, 0.25) is 0 Å². The van der Waals surface area contributed by atoms with Gasteiger partial charge in [-0.3, -0.25) is 0 Å². The predicted octanol–water partition coefficient (Wildman–Crippen LogP) is 3.02. The quantitative estimate of drug-likeness (QED) is 0.502. The molecular weight excluding hydrogens is 172 g/mol. The minimum absolute atomic E-state index is 0.531. The molecule has 1 aliphatic rings. The maximum Gasteiger partial charge on any atom is 0.398 e. The summed E-state index contributed by atoms with van der Waals surface area (Å²) < 4.78 is 48.7. The van der Waals surface area contributed by atoms with E-state index in [0.29, 0.717) is 5.57 Å². The van der Waals surface area contributed by atoms with Crippen molar-refractivity contribution in [3.05, 3.63) is 23.8 Å². The average molecular weight is 180 g/mol. The van der Waals surface area contributed by atoms with Crippen LogP contribution in [0.3, 0.4) is 0 Å². The van der Waals surface area contributed by atoms with Crippen LogP contribution in [0.1, 0.15) is 6.92 Å². The minimum Gasteiger partial charge on any atom is -0.242 e. The van der Waals surface area contributed by atoms with E-state index in [9.17, 15) is 17.6 Å². The van der Waals surface area contributed by atoms with E-state index in [1.165, 1.54) is 6.08 Å². The molecule has 0 fully saturated rings. The summed E-state index contributed by atoms with van der Waals surface area (Å²) in [6, 6.07) is 0. The van der Waals surface area contributed by atoms with E-state index in [4.69, 9.17) is 0 Å². The first-order chi connectivity index (χ1) is 5.41. The molecule has 2 unspecified atom stereocenters. The number of hydrogen-bond acceptors (Lipinski definition) is 0. The van der Waals surface area contributed by atoms with Crippen molar-refractivity contribution in [2.75, 3.05) is 0 Å². The van der Waals surface area contributed by atoms with Crippen molar-refractivity contribution >= 4 is 0 Å². The smallest absolute Gasteiger partial charge is 0.242 e. The van der Waals surface area contributed by atoms with Crippen molar-refractivity contribution in [3.63, 3.8) is 0 Å². The minimum atomic E-state index is -4.48. The van der Waals surface area contributed by atoms with Gasteiger partial charge in [-0.2, -0.15) is 13.2 Å². The van der Waals surface area contributed by atoms with E-state index in [-0.39, 0.29) is 0 Å². The zero-order chi connectivity index (χ0) is 9.35. The molecule has 0 aliphatic heterocycles.